The SMILES string of the molecule is CC(C)c1nc2ccc(C(=O)N(C)[C@@H]3CCC[C@@H](N4CCNC(=O)C4)[C@@H]3O)cc2[nH]1. The Bertz CT molecular complexity index is 940. The summed E-state index contributed by atoms with van der Waals surface area (Å²) in [5.41, 5.74) is 2.27. The van der Waals surface area contributed by atoms with Gasteiger partial charge in [-0.15, -0.1) is 0 Å². The Balaban J connectivity index is 1.51. The lowest BCUT2D eigenvalue weighted by atomic mass is 9.85. The van der Waals surface area contributed by atoms with E-state index in [0.29, 0.717) is 18.7 Å². The van der Waals surface area contributed by atoms with E-state index in [9.17, 15) is 14.7 Å². The minimum absolute atomic E-state index is 0.00590. The van der Waals surface area contributed by atoms with Gasteiger partial charge in [-0.3, -0.25) is 14.5 Å². The second-order valence-electron chi connectivity index (χ2n) is 8.80. The van der Waals surface area contributed by atoms with Crippen LogP contribution in [-0.4, -0.2) is 81.6 Å². The molecular formula is C22H31N5O3. The van der Waals surface area contributed by atoms with Crippen molar-refractivity contribution >= 4 is 22.8 Å². The minimum atomic E-state index is -0.679. The predicted molar refractivity (Wildman–Crippen MR) is 114 cm³/mol. The molecule has 2 heterocycles. The average Bonchev–Trinajstić information content (AvgIpc) is 3.16. The van der Waals surface area contributed by atoms with Crippen LogP contribution in [0.5, 0.6) is 0 Å². The number of aliphatic hydroxyl groups excluding tert-OH is 1. The second kappa shape index (κ2) is 8.35. The van der Waals surface area contributed by atoms with E-state index in [1.54, 1.807) is 18.0 Å². The highest BCUT2D eigenvalue weighted by molar-refractivity contribution is 5.97. The van der Waals surface area contributed by atoms with E-state index in [4.69, 9.17) is 0 Å². The van der Waals surface area contributed by atoms with Gasteiger partial charge in [-0.2, -0.15) is 0 Å². The van der Waals surface area contributed by atoms with Crippen LogP contribution < -0.4 is 5.32 Å². The number of piperazine rings is 1. The molecule has 0 spiro atoms. The molecule has 0 unspecified atom stereocenters. The summed E-state index contributed by atoms with van der Waals surface area (Å²) >= 11 is 0. The molecule has 1 saturated carbocycles. The summed E-state index contributed by atoms with van der Waals surface area (Å²) in [4.78, 5) is 36.6. The summed E-state index contributed by atoms with van der Waals surface area (Å²) in [6, 6.07) is 5.13. The number of benzene rings is 1. The number of carbonyl (C=O) groups is 2. The topological polar surface area (TPSA) is 102 Å². The number of aliphatic hydroxyl groups is 1. The minimum Gasteiger partial charge on any atom is -0.389 e. The molecule has 3 N–H and O–H groups in total. The quantitative estimate of drug-likeness (QED) is 0.705. The van der Waals surface area contributed by atoms with Gasteiger partial charge in [0.05, 0.1) is 29.7 Å². The van der Waals surface area contributed by atoms with E-state index in [-0.39, 0.29) is 29.8 Å². The number of nitrogens with zero attached hydrogens (tertiary/aromatic N) is 3. The normalized spacial score (nSPS) is 25.5. The fourth-order valence-corrected chi connectivity index (χ4v) is 4.69. The van der Waals surface area contributed by atoms with Gasteiger partial charge in [-0.1, -0.05) is 13.8 Å². The molecule has 0 bridgehead atoms. The molecule has 1 aliphatic carbocycles. The van der Waals surface area contributed by atoms with E-state index < -0.39 is 6.10 Å². The molecule has 30 heavy (non-hydrogen) atoms. The third kappa shape index (κ3) is 3.94. The number of rotatable bonds is 4. The van der Waals surface area contributed by atoms with Gasteiger partial charge in [-0.25, -0.2) is 4.98 Å². The third-order valence-corrected chi connectivity index (χ3v) is 6.44. The van der Waals surface area contributed by atoms with Crippen LogP contribution in [0.3, 0.4) is 0 Å². The van der Waals surface area contributed by atoms with Crippen LogP contribution in [-0.2, 0) is 4.79 Å². The van der Waals surface area contributed by atoms with Gasteiger partial charge in [0.15, 0.2) is 0 Å². The Morgan fingerprint density at radius 1 is 1.33 bits per heavy atom. The second-order valence-corrected chi connectivity index (χ2v) is 8.80. The number of imidazole rings is 1. The molecule has 1 saturated heterocycles. The van der Waals surface area contributed by atoms with Crippen LogP contribution in [0.25, 0.3) is 11.0 Å². The van der Waals surface area contributed by atoms with Gasteiger partial charge in [-0.05, 0) is 37.5 Å². The number of amides is 2. The zero-order chi connectivity index (χ0) is 21.4. The van der Waals surface area contributed by atoms with Crippen LogP contribution in [0, 0.1) is 0 Å². The van der Waals surface area contributed by atoms with Crippen molar-refractivity contribution in [2.24, 2.45) is 0 Å². The maximum atomic E-state index is 13.2. The van der Waals surface area contributed by atoms with Gasteiger partial charge in [0.1, 0.15) is 5.82 Å². The molecule has 8 nitrogen and oxygen atoms in total. The summed E-state index contributed by atoms with van der Waals surface area (Å²) in [7, 11) is 1.76. The molecular weight excluding hydrogens is 382 g/mol. The van der Waals surface area contributed by atoms with E-state index in [2.05, 4.69) is 34.0 Å². The number of likely N-dealkylation sites (N-methyl/N-ethyl adjacent to an activating group) is 1. The Morgan fingerprint density at radius 3 is 2.87 bits per heavy atom. The predicted octanol–water partition coefficient (Wildman–Crippen LogP) is 1.47. The first-order valence-electron chi connectivity index (χ1n) is 10.8. The summed E-state index contributed by atoms with van der Waals surface area (Å²) in [5.74, 6) is 1.07. The first-order chi connectivity index (χ1) is 14.3. The van der Waals surface area contributed by atoms with E-state index in [1.165, 1.54) is 0 Å². The molecule has 2 fully saturated rings. The Kier molecular flexibility index (Phi) is 5.79. The third-order valence-electron chi connectivity index (χ3n) is 6.44. The molecule has 2 amide bonds. The first-order valence-corrected chi connectivity index (χ1v) is 10.8. The maximum absolute atomic E-state index is 13.2. The van der Waals surface area contributed by atoms with Crippen molar-refractivity contribution < 1.29 is 14.7 Å². The number of carbonyl (C=O) groups excluding carboxylic acids is 2. The number of hydrogen-bond donors (Lipinski definition) is 3. The standard InChI is InChI=1S/C22H31N5O3/c1-13(2)21-24-15-8-7-14(11-16(15)25-21)22(30)26(3)17-5-4-6-18(20(17)29)27-10-9-23-19(28)12-27/h7-8,11,13,17-18,20,29H,4-6,9-10,12H2,1-3H3,(H,23,28)(H,24,25)/t17-,18-,20-/m1/s1. The summed E-state index contributed by atoms with van der Waals surface area (Å²) in [6.45, 7) is 5.78. The highest BCUT2D eigenvalue weighted by atomic mass is 16.3. The molecule has 4 rings (SSSR count). The Morgan fingerprint density at radius 2 is 2.13 bits per heavy atom. The lowest BCUT2D eigenvalue weighted by Crippen LogP contribution is -2.61. The summed E-state index contributed by atoms with van der Waals surface area (Å²) in [6.07, 6.45) is 1.83. The van der Waals surface area contributed by atoms with Crippen molar-refractivity contribution in [3.05, 3.63) is 29.6 Å². The lowest BCUT2D eigenvalue weighted by Gasteiger charge is -2.45. The van der Waals surface area contributed by atoms with Crippen molar-refractivity contribution in [3.8, 4) is 0 Å². The Hall–Kier alpha value is -2.45. The van der Waals surface area contributed by atoms with Gasteiger partial charge in [0.2, 0.25) is 5.91 Å². The lowest BCUT2D eigenvalue weighted by molar-refractivity contribution is -0.127. The molecule has 1 aliphatic heterocycles. The number of H-pyrrole nitrogens is 1. The van der Waals surface area contributed by atoms with E-state index in [0.717, 1.165) is 42.7 Å². The molecule has 1 aromatic carbocycles. The summed E-state index contributed by atoms with van der Waals surface area (Å²) in [5, 5.41) is 13.9. The zero-order valence-electron chi connectivity index (χ0n) is 17.9. The highest BCUT2D eigenvalue weighted by Gasteiger charge is 2.40. The number of aromatic amines is 1. The molecule has 3 atom stereocenters. The smallest absolute Gasteiger partial charge is 0.254 e. The van der Waals surface area contributed by atoms with Crippen molar-refractivity contribution in [1.82, 2.24) is 25.1 Å². The van der Waals surface area contributed by atoms with Gasteiger partial charge >= 0.3 is 0 Å². The molecule has 1 aromatic heterocycles. The largest absolute Gasteiger partial charge is 0.389 e. The molecule has 162 valence electrons. The number of nitrogens with one attached hydrogen (secondary N) is 2. The first kappa shape index (κ1) is 20.8. The van der Waals surface area contributed by atoms with E-state index >= 15 is 0 Å². The number of fused-ring (bicyclic) bond motifs is 1. The van der Waals surface area contributed by atoms with Crippen molar-refractivity contribution in [1.29, 1.82) is 0 Å². The van der Waals surface area contributed by atoms with Gasteiger partial charge in [0.25, 0.3) is 5.91 Å². The summed E-state index contributed by atoms with van der Waals surface area (Å²) < 4.78 is 0. The van der Waals surface area contributed by atoms with Crippen LogP contribution in [0.4, 0.5) is 0 Å². The zero-order valence-corrected chi connectivity index (χ0v) is 17.9. The van der Waals surface area contributed by atoms with Gasteiger partial charge < -0.3 is 20.3 Å². The van der Waals surface area contributed by atoms with Gasteiger partial charge in [0, 0.05) is 37.7 Å². The molecule has 8 heteroatoms. The van der Waals surface area contributed by atoms with E-state index in [1.807, 2.05) is 12.1 Å². The van der Waals surface area contributed by atoms with Crippen LogP contribution in [0.15, 0.2) is 18.2 Å². The number of hydrogen-bond acceptors (Lipinski definition) is 5. The Labute approximate surface area is 176 Å². The van der Waals surface area contributed by atoms with Crippen LogP contribution in [0.1, 0.15) is 55.2 Å². The molecule has 2 aromatic rings. The molecule has 0 radical (unpaired) electrons. The van der Waals surface area contributed by atoms with Crippen molar-refractivity contribution in [3.63, 3.8) is 0 Å². The monoisotopic (exact) mass is 413 g/mol. The maximum Gasteiger partial charge on any atom is 0.254 e. The highest BCUT2D eigenvalue weighted by Crippen LogP contribution is 2.28. The van der Waals surface area contributed by atoms with Crippen LogP contribution in [0.2, 0.25) is 0 Å². The fraction of sp³-hybridized carbons (Fsp3) is 0.591. The van der Waals surface area contributed by atoms with Crippen molar-refractivity contribution in [2.75, 3.05) is 26.7 Å². The van der Waals surface area contributed by atoms with Crippen LogP contribution >= 0.6 is 0 Å². The average molecular weight is 414 g/mol. The molecule has 2 aliphatic rings. The fourth-order valence-electron chi connectivity index (χ4n) is 4.69. The number of aromatic nitrogens is 2. The van der Waals surface area contributed by atoms with Crippen molar-refractivity contribution in [2.45, 2.75) is 57.2 Å².